The van der Waals surface area contributed by atoms with Crippen molar-refractivity contribution in [1.29, 1.82) is 0 Å². The number of rotatable bonds is 3. The molecular formula is C6H4KN3O6. The molecule has 0 radical (unpaired) electrons. The van der Waals surface area contributed by atoms with Crippen molar-refractivity contribution < 1.29 is 67.6 Å². The summed E-state index contributed by atoms with van der Waals surface area (Å²) in [6.07, 6.45) is 0. The van der Waals surface area contributed by atoms with Crippen molar-refractivity contribution in [2.24, 2.45) is 0 Å². The van der Waals surface area contributed by atoms with Gasteiger partial charge in [-0.25, -0.2) is 0 Å². The van der Waals surface area contributed by atoms with Gasteiger partial charge in [-0.05, 0) is 6.07 Å². The molecule has 9 nitrogen and oxygen atoms in total. The van der Waals surface area contributed by atoms with Crippen LogP contribution in [-0.4, -0.2) is 14.8 Å². The number of nitro benzene ring substituents is 3. The molecule has 0 bridgehead atoms. The average molecular weight is 253 g/mol. The van der Waals surface area contributed by atoms with Crippen LogP contribution >= 0.6 is 0 Å². The fourth-order valence-corrected chi connectivity index (χ4v) is 1.00. The zero-order valence-corrected chi connectivity index (χ0v) is 11.1. The summed E-state index contributed by atoms with van der Waals surface area (Å²) in [5.74, 6) is 0. The summed E-state index contributed by atoms with van der Waals surface area (Å²) in [7, 11) is 0. The quantitative estimate of drug-likeness (QED) is 0.367. The predicted octanol–water partition coefficient (Wildman–Crippen LogP) is -1.47. The Morgan fingerprint density at radius 1 is 0.875 bits per heavy atom. The van der Waals surface area contributed by atoms with E-state index in [4.69, 9.17) is 0 Å². The number of nitrogens with zero attached hydrogens (tertiary/aromatic N) is 3. The number of hydrogen-bond acceptors (Lipinski definition) is 6. The largest absolute Gasteiger partial charge is 1.00 e. The number of benzene rings is 1. The summed E-state index contributed by atoms with van der Waals surface area (Å²) >= 11 is 0. The molecule has 0 spiro atoms. The molecule has 0 aliphatic heterocycles. The Hall–Kier alpha value is -0.944. The maximum absolute atomic E-state index is 10.4. The minimum atomic E-state index is -1.14. The van der Waals surface area contributed by atoms with Gasteiger partial charge in [0.2, 0.25) is 0 Å². The van der Waals surface area contributed by atoms with Crippen molar-refractivity contribution in [1.82, 2.24) is 0 Å². The Morgan fingerprint density at radius 2 is 1.25 bits per heavy atom. The average Bonchev–Trinajstić information content (AvgIpc) is 2.16. The van der Waals surface area contributed by atoms with Gasteiger partial charge in [0.1, 0.15) is 0 Å². The van der Waals surface area contributed by atoms with Gasteiger partial charge in [-0.3, -0.25) is 30.3 Å². The normalized spacial score (nSPS) is 9.00. The van der Waals surface area contributed by atoms with Crippen LogP contribution in [0, 0.1) is 30.3 Å². The second-order valence-corrected chi connectivity index (χ2v) is 2.42. The molecule has 0 N–H and O–H groups in total. The van der Waals surface area contributed by atoms with Gasteiger partial charge in [0.15, 0.2) is 0 Å². The molecule has 0 aromatic heterocycles. The van der Waals surface area contributed by atoms with Crippen LogP contribution in [0.5, 0.6) is 0 Å². The van der Waals surface area contributed by atoms with Gasteiger partial charge in [-0.15, -0.1) is 0 Å². The third-order valence-corrected chi connectivity index (χ3v) is 1.57. The molecule has 1 aromatic rings. The van der Waals surface area contributed by atoms with E-state index < -0.39 is 31.8 Å². The molecule has 0 atom stereocenters. The first-order chi connectivity index (χ1) is 6.95. The fourth-order valence-electron chi connectivity index (χ4n) is 1.00. The molecule has 0 aliphatic rings. The molecule has 0 unspecified atom stereocenters. The third kappa shape index (κ3) is 3.02. The van der Waals surface area contributed by atoms with Crippen molar-refractivity contribution >= 4 is 17.1 Å². The molecule has 10 heteroatoms. The second-order valence-electron chi connectivity index (χ2n) is 2.42. The van der Waals surface area contributed by atoms with Crippen LogP contribution in [0.3, 0.4) is 0 Å². The van der Waals surface area contributed by atoms with Crippen LogP contribution in [-0.2, 0) is 0 Å². The van der Waals surface area contributed by atoms with E-state index in [-0.39, 0.29) is 52.8 Å². The van der Waals surface area contributed by atoms with Crippen molar-refractivity contribution in [2.45, 2.75) is 0 Å². The van der Waals surface area contributed by atoms with Gasteiger partial charge < -0.3 is 1.43 Å². The Bertz CT molecular complexity index is 435. The summed E-state index contributed by atoms with van der Waals surface area (Å²) in [6.45, 7) is 0. The van der Waals surface area contributed by atoms with E-state index in [2.05, 4.69) is 0 Å². The first-order valence-corrected chi connectivity index (χ1v) is 3.51. The van der Waals surface area contributed by atoms with Crippen LogP contribution in [0.1, 0.15) is 1.43 Å². The van der Waals surface area contributed by atoms with E-state index in [1.165, 1.54) is 0 Å². The number of hydrogen-bond donors (Lipinski definition) is 0. The van der Waals surface area contributed by atoms with Gasteiger partial charge in [0.05, 0.1) is 14.8 Å². The molecule has 0 saturated heterocycles. The minimum absolute atomic E-state index is 0. The van der Waals surface area contributed by atoms with E-state index in [1.54, 1.807) is 0 Å². The van der Waals surface area contributed by atoms with Crippen molar-refractivity contribution in [3.05, 3.63) is 48.5 Å². The maximum Gasteiger partial charge on any atom is 1.00 e. The number of para-hydroxylation sites is 1. The molecule has 0 fully saturated rings. The molecule has 0 saturated carbocycles. The van der Waals surface area contributed by atoms with Crippen LogP contribution in [0.2, 0.25) is 0 Å². The first-order valence-electron chi connectivity index (χ1n) is 3.51. The molecule has 0 amide bonds. The van der Waals surface area contributed by atoms with Gasteiger partial charge in [-0.2, -0.15) is 0 Å². The van der Waals surface area contributed by atoms with E-state index in [0.717, 1.165) is 18.2 Å². The minimum Gasteiger partial charge on any atom is -1.00 e. The number of nitro groups is 3. The zero-order chi connectivity index (χ0) is 11.6. The Kier molecular flexibility index (Phi) is 5.61. The van der Waals surface area contributed by atoms with Gasteiger partial charge in [0.25, 0.3) is 0 Å². The Labute approximate surface area is 132 Å². The van der Waals surface area contributed by atoms with E-state index in [0.29, 0.717) is 0 Å². The standard InChI is InChI=1S/C6H3N3O6.K.H/c10-7(11)4-2-1-3-5(8(12)13)6(4)9(14)15;;/h1-3H;;/q;+1;-1. The summed E-state index contributed by atoms with van der Waals surface area (Å²) in [5, 5.41) is 31.2. The summed E-state index contributed by atoms with van der Waals surface area (Å²) in [5.41, 5.74) is -2.89. The summed E-state index contributed by atoms with van der Waals surface area (Å²) in [6, 6.07) is 2.69. The SMILES string of the molecule is O=[N+]([O-])c1cccc([N+](=O)[O-])c1[N+](=O)[O-].[H-].[K+]. The van der Waals surface area contributed by atoms with Crippen molar-refractivity contribution in [2.75, 3.05) is 0 Å². The van der Waals surface area contributed by atoms with Gasteiger partial charge in [-0.1, -0.05) is 0 Å². The predicted molar refractivity (Wildman–Crippen MR) is 47.5 cm³/mol. The molecule has 1 aromatic carbocycles. The fraction of sp³-hybridized carbons (Fsp3) is 0. The van der Waals surface area contributed by atoms with E-state index in [1.807, 2.05) is 0 Å². The summed E-state index contributed by atoms with van der Waals surface area (Å²) < 4.78 is 0. The zero-order valence-electron chi connectivity index (χ0n) is 9.02. The topological polar surface area (TPSA) is 129 Å². The van der Waals surface area contributed by atoms with Crippen LogP contribution in [0.4, 0.5) is 17.1 Å². The smallest absolute Gasteiger partial charge is 1.00 e. The van der Waals surface area contributed by atoms with E-state index in [9.17, 15) is 30.3 Å². The molecule has 0 aliphatic carbocycles. The Balaban J connectivity index is 0. The van der Waals surface area contributed by atoms with E-state index >= 15 is 0 Å². The van der Waals surface area contributed by atoms with Crippen LogP contribution in [0.15, 0.2) is 18.2 Å². The van der Waals surface area contributed by atoms with Crippen LogP contribution < -0.4 is 51.4 Å². The molecule has 16 heavy (non-hydrogen) atoms. The Morgan fingerprint density at radius 3 is 1.50 bits per heavy atom. The molecule has 1 rings (SSSR count). The van der Waals surface area contributed by atoms with Crippen molar-refractivity contribution in [3.63, 3.8) is 0 Å². The van der Waals surface area contributed by atoms with Gasteiger partial charge in [0, 0.05) is 12.1 Å². The molecule has 80 valence electrons. The van der Waals surface area contributed by atoms with Crippen LogP contribution in [0.25, 0.3) is 0 Å². The summed E-state index contributed by atoms with van der Waals surface area (Å²) in [4.78, 5) is 28.0. The maximum atomic E-state index is 10.4. The van der Waals surface area contributed by atoms with Crippen molar-refractivity contribution in [3.8, 4) is 0 Å². The third-order valence-electron chi connectivity index (χ3n) is 1.57. The monoisotopic (exact) mass is 253 g/mol. The first kappa shape index (κ1) is 15.1. The second kappa shape index (κ2) is 5.96. The van der Waals surface area contributed by atoms with Gasteiger partial charge >= 0.3 is 68.4 Å². The molecular weight excluding hydrogens is 249 g/mol. The molecule has 0 heterocycles.